The number of sulfone groups is 1. The molecule has 204 valence electrons. The zero-order chi connectivity index (χ0) is 29.1. The van der Waals surface area contributed by atoms with Crippen LogP contribution in [0.5, 0.6) is 0 Å². The topological polar surface area (TPSA) is 227 Å². The van der Waals surface area contributed by atoms with Crippen molar-refractivity contribution in [3.8, 4) is 0 Å². The van der Waals surface area contributed by atoms with Crippen LogP contribution in [0, 0.1) is 0 Å². The molecule has 0 aromatic heterocycles. The fraction of sp³-hybridized carbons (Fsp3) is 0. The first-order valence-corrected chi connectivity index (χ1v) is 14.1. The minimum absolute atomic E-state index is 0.0163. The van der Waals surface area contributed by atoms with Gasteiger partial charge in [-0.05, 0) is 42.5 Å². The SMILES string of the molecule is Nc1c(/N=N/c2ccccc2S(=O)(=O)c2ccccc2)cc(S(=O)(=O)O)c(N)c1/N=N/c1ccccc1C(=O)O. The highest BCUT2D eigenvalue weighted by atomic mass is 32.2. The lowest BCUT2D eigenvalue weighted by Crippen LogP contribution is -2.05. The van der Waals surface area contributed by atoms with Gasteiger partial charge in [-0.3, -0.25) is 4.55 Å². The molecule has 4 aromatic rings. The monoisotopic (exact) mass is 580 g/mol. The molecule has 13 nitrogen and oxygen atoms in total. The molecule has 0 aliphatic rings. The Bertz CT molecular complexity index is 1890. The standard InChI is InChI=1S/C25H20N6O7S2/c26-22-19(30-29-18-12-6-7-13-20(18)39(34,35)15-8-2-1-3-9-15)14-21(40(36,37)38)23(27)24(22)31-28-17-11-5-4-10-16(17)25(32)33/h1-14H,26-27H2,(H,32,33)(H,36,37,38)/b30-29+,31-28+. The number of hydrogen-bond donors (Lipinski definition) is 4. The number of carbonyl (C=O) groups is 1. The number of anilines is 2. The van der Waals surface area contributed by atoms with Crippen LogP contribution in [0.4, 0.5) is 34.1 Å². The highest BCUT2D eigenvalue weighted by molar-refractivity contribution is 7.91. The average Bonchev–Trinajstić information content (AvgIpc) is 2.92. The second-order valence-electron chi connectivity index (χ2n) is 8.05. The first kappa shape index (κ1) is 28.0. The Morgan fingerprint density at radius 2 is 1.20 bits per heavy atom. The Morgan fingerprint density at radius 1 is 0.650 bits per heavy atom. The highest BCUT2D eigenvalue weighted by Crippen LogP contribution is 2.43. The van der Waals surface area contributed by atoms with Crippen molar-refractivity contribution < 1.29 is 31.3 Å². The summed E-state index contributed by atoms with van der Waals surface area (Å²) in [6, 6.07) is 19.8. The van der Waals surface area contributed by atoms with Crippen LogP contribution in [-0.2, 0) is 20.0 Å². The molecule has 0 saturated heterocycles. The van der Waals surface area contributed by atoms with Gasteiger partial charge < -0.3 is 16.6 Å². The molecule has 0 fully saturated rings. The lowest BCUT2D eigenvalue weighted by molar-refractivity contribution is 0.0697. The van der Waals surface area contributed by atoms with Gasteiger partial charge in [0.1, 0.15) is 27.6 Å². The predicted molar refractivity (Wildman–Crippen MR) is 145 cm³/mol. The van der Waals surface area contributed by atoms with E-state index in [0.29, 0.717) is 0 Å². The zero-order valence-corrected chi connectivity index (χ0v) is 21.9. The van der Waals surface area contributed by atoms with E-state index in [1.165, 1.54) is 60.7 Å². The molecule has 0 amide bonds. The van der Waals surface area contributed by atoms with Gasteiger partial charge in [0.05, 0.1) is 26.7 Å². The lowest BCUT2D eigenvalue weighted by atomic mass is 10.2. The van der Waals surface area contributed by atoms with E-state index in [1.807, 2.05) is 0 Å². The number of rotatable bonds is 8. The number of azo groups is 2. The van der Waals surface area contributed by atoms with Gasteiger partial charge in [0, 0.05) is 0 Å². The van der Waals surface area contributed by atoms with Gasteiger partial charge in [-0.25, -0.2) is 13.2 Å². The summed E-state index contributed by atoms with van der Waals surface area (Å²) in [6.45, 7) is 0. The number of nitrogens with two attached hydrogens (primary N) is 2. The molecule has 40 heavy (non-hydrogen) atoms. The van der Waals surface area contributed by atoms with Crippen LogP contribution in [0.25, 0.3) is 0 Å². The number of carboxylic acids is 1. The molecule has 0 saturated carbocycles. The van der Waals surface area contributed by atoms with Crippen LogP contribution < -0.4 is 11.5 Å². The van der Waals surface area contributed by atoms with Gasteiger partial charge in [0.2, 0.25) is 9.84 Å². The predicted octanol–water partition coefficient (Wildman–Crippen LogP) is 5.46. The molecule has 0 heterocycles. The molecule has 0 unspecified atom stereocenters. The van der Waals surface area contributed by atoms with Gasteiger partial charge in [0.15, 0.2) is 0 Å². The summed E-state index contributed by atoms with van der Waals surface area (Å²) in [6.07, 6.45) is 0. The number of aromatic carboxylic acids is 1. The van der Waals surface area contributed by atoms with Crippen molar-refractivity contribution in [2.75, 3.05) is 11.5 Å². The summed E-state index contributed by atoms with van der Waals surface area (Å²) in [5.41, 5.74) is 9.99. The molecule has 0 atom stereocenters. The van der Waals surface area contributed by atoms with Crippen molar-refractivity contribution in [1.82, 2.24) is 0 Å². The van der Waals surface area contributed by atoms with Crippen LogP contribution in [0.15, 0.2) is 120 Å². The van der Waals surface area contributed by atoms with E-state index >= 15 is 0 Å². The minimum atomic E-state index is -4.92. The molecule has 15 heteroatoms. The second-order valence-corrected chi connectivity index (χ2v) is 11.4. The van der Waals surface area contributed by atoms with E-state index in [0.717, 1.165) is 6.07 Å². The largest absolute Gasteiger partial charge is 0.478 e. The summed E-state index contributed by atoms with van der Waals surface area (Å²) in [7, 11) is -8.93. The van der Waals surface area contributed by atoms with Crippen molar-refractivity contribution >= 4 is 60.0 Å². The number of carboxylic acid groups (broad SMARTS) is 1. The maximum absolute atomic E-state index is 13.2. The third-order valence-corrected chi connectivity index (χ3v) is 8.17. The van der Waals surface area contributed by atoms with E-state index in [9.17, 15) is 31.3 Å². The Hall–Kier alpha value is -4.99. The van der Waals surface area contributed by atoms with E-state index in [1.54, 1.807) is 18.2 Å². The maximum atomic E-state index is 13.2. The quantitative estimate of drug-likeness (QED) is 0.118. The first-order chi connectivity index (χ1) is 18.9. The fourth-order valence-electron chi connectivity index (χ4n) is 3.51. The third-order valence-electron chi connectivity index (χ3n) is 5.46. The van der Waals surface area contributed by atoms with Crippen LogP contribution >= 0.6 is 0 Å². The minimum Gasteiger partial charge on any atom is -0.478 e. The Kier molecular flexibility index (Phi) is 7.72. The normalized spacial score (nSPS) is 12.2. The number of benzene rings is 4. The maximum Gasteiger partial charge on any atom is 0.337 e. The summed E-state index contributed by atoms with van der Waals surface area (Å²) in [5.74, 6) is -1.29. The zero-order valence-electron chi connectivity index (χ0n) is 20.3. The van der Waals surface area contributed by atoms with Crippen LogP contribution in [0.1, 0.15) is 10.4 Å². The van der Waals surface area contributed by atoms with Gasteiger partial charge in [-0.2, -0.15) is 8.42 Å². The van der Waals surface area contributed by atoms with Gasteiger partial charge >= 0.3 is 5.97 Å². The molecule has 4 aromatic carbocycles. The van der Waals surface area contributed by atoms with Gasteiger partial charge in [-0.15, -0.1) is 20.5 Å². The number of nitrogen functional groups attached to an aromatic ring is 2. The van der Waals surface area contributed by atoms with E-state index < -0.39 is 42.2 Å². The molecular weight excluding hydrogens is 560 g/mol. The van der Waals surface area contributed by atoms with Gasteiger partial charge in [-0.1, -0.05) is 42.5 Å². The molecule has 0 bridgehead atoms. The van der Waals surface area contributed by atoms with Crippen LogP contribution in [-0.4, -0.2) is 32.5 Å². The summed E-state index contributed by atoms with van der Waals surface area (Å²) >= 11 is 0. The smallest absolute Gasteiger partial charge is 0.337 e. The molecule has 0 spiro atoms. The molecule has 0 radical (unpaired) electrons. The number of nitrogens with zero attached hydrogens (tertiary/aromatic N) is 4. The highest BCUT2D eigenvalue weighted by Gasteiger charge is 2.24. The second kappa shape index (κ2) is 11.0. The van der Waals surface area contributed by atoms with Crippen LogP contribution in [0.2, 0.25) is 0 Å². The Balaban J connectivity index is 1.85. The summed E-state index contributed by atoms with van der Waals surface area (Å²) in [4.78, 5) is 10.5. The molecule has 0 aliphatic carbocycles. The first-order valence-electron chi connectivity index (χ1n) is 11.2. The average molecular weight is 581 g/mol. The summed E-state index contributed by atoms with van der Waals surface area (Å²) in [5, 5.41) is 25.0. The summed E-state index contributed by atoms with van der Waals surface area (Å²) < 4.78 is 60.2. The van der Waals surface area contributed by atoms with E-state index in [-0.39, 0.29) is 38.1 Å². The fourth-order valence-corrected chi connectivity index (χ4v) is 5.56. The molecule has 6 N–H and O–H groups in total. The van der Waals surface area contributed by atoms with Crippen molar-refractivity contribution in [3.63, 3.8) is 0 Å². The van der Waals surface area contributed by atoms with E-state index in [4.69, 9.17) is 11.5 Å². The molecule has 4 rings (SSSR count). The third kappa shape index (κ3) is 5.70. The Morgan fingerprint density at radius 3 is 1.85 bits per heavy atom. The van der Waals surface area contributed by atoms with Crippen LogP contribution in [0.3, 0.4) is 0 Å². The van der Waals surface area contributed by atoms with Crippen molar-refractivity contribution in [3.05, 3.63) is 90.5 Å². The van der Waals surface area contributed by atoms with Crippen molar-refractivity contribution in [2.24, 2.45) is 20.5 Å². The van der Waals surface area contributed by atoms with Crippen molar-refractivity contribution in [2.45, 2.75) is 14.7 Å². The number of hydrogen-bond acceptors (Lipinski definition) is 11. The van der Waals surface area contributed by atoms with Crippen molar-refractivity contribution in [1.29, 1.82) is 0 Å². The molecule has 0 aliphatic heterocycles. The Labute approximate surface area is 228 Å². The lowest BCUT2D eigenvalue weighted by Gasteiger charge is -2.11. The van der Waals surface area contributed by atoms with Gasteiger partial charge in [0.25, 0.3) is 10.1 Å². The molecular formula is C25H20N6O7S2. The van der Waals surface area contributed by atoms with E-state index in [2.05, 4.69) is 20.5 Å².